The number of piperidine rings is 1. The molecule has 1 aliphatic rings. The number of carbonyl (C=O) groups excluding carboxylic acids is 1. The van der Waals surface area contributed by atoms with Gasteiger partial charge in [0.2, 0.25) is 0 Å². The predicted molar refractivity (Wildman–Crippen MR) is 68.8 cm³/mol. The van der Waals surface area contributed by atoms with Gasteiger partial charge in [-0.2, -0.15) is 0 Å². The van der Waals surface area contributed by atoms with E-state index in [-0.39, 0.29) is 11.7 Å². The molecule has 4 heteroatoms. The van der Waals surface area contributed by atoms with Crippen molar-refractivity contribution in [3.8, 4) is 0 Å². The first-order chi connectivity index (χ1) is 8.60. The number of likely N-dealkylation sites (tertiary alicyclic amines) is 1. The highest BCUT2D eigenvalue weighted by molar-refractivity contribution is 5.94. The van der Waals surface area contributed by atoms with Gasteiger partial charge in [-0.1, -0.05) is 0 Å². The fraction of sp³-hybridized carbons (Fsp3) is 0.500. The molecule has 2 N–H and O–H groups in total. The number of carbonyl (C=O) groups is 1. The van der Waals surface area contributed by atoms with Gasteiger partial charge in [0.15, 0.2) is 0 Å². The molecule has 2 rings (SSSR count). The zero-order chi connectivity index (χ0) is 13.1. The maximum absolute atomic E-state index is 13.3. The van der Waals surface area contributed by atoms with Crippen molar-refractivity contribution in [3.63, 3.8) is 0 Å². The summed E-state index contributed by atoms with van der Waals surface area (Å²) in [4.78, 5) is 14.1. The number of amides is 1. The largest absolute Gasteiger partial charge is 0.338 e. The Kier molecular flexibility index (Phi) is 3.97. The minimum Gasteiger partial charge on any atom is -0.338 e. The Morgan fingerprint density at radius 1 is 1.50 bits per heavy atom. The second kappa shape index (κ2) is 5.48. The summed E-state index contributed by atoms with van der Waals surface area (Å²) in [6, 6.07) is 4.47. The van der Waals surface area contributed by atoms with Crippen molar-refractivity contribution in [2.45, 2.75) is 19.8 Å². The summed E-state index contributed by atoms with van der Waals surface area (Å²) in [5.41, 5.74) is 6.86. The summed E-state index contributed by atoms with van der Waals surface area (Å²) in [5.74, 6) is -0.0705. The minimum absolute atomic E-state index is 0.0873. The van der Waals surface area contributed by atoms with Crippen LogP contribution in [0.4, 0.5) is 4.39 Å². The van der Waals surface area contributed by atoms with Crippen molar-refractivity contribution >= 4 is 5.91 Å². The van der Waals surface area contributed by atoms with Gasteiger partial charge in [-0.15, -0.1) is 0 Å². The van der Waals surface area contributed by atoms with E-state index in [0.717, 1.165) is 24.9 Å². The number of halogens is 1. The molecule has 1 aromatic rings. The van der Waals surface area contributed by atoms with Crippen LogP contribution in [0.3, 0.4) is 0 Å². The molecule has 0 bridgehead atoms. The smallest absolute Gasteiger partial charge is 0.253 e. The molecular formula is C14H19FN2O. The average molecular weight is 250 g/mol. The van der Waals surface area contributed by atoms with Gasteiger partial charge in [0.25, 0.3) is 5.91 Å². The van der Waals surface area contributed by atoms with Crippen molar-refractivity contribution in [1.82, 2.24) is 4.90 Å². The van der Waals surface area contributed by atoms with E-state index in [2.05, 4.69) is 0 Å². The molecule has 1 amide bonds. The lowest BCUT2D eigenvalue weighted by atomic mass is 9.97. The first-order valence-electron chi connectivity index (χ1n) is 6.36. The number of nitrogens with two attached hydrogens (primary N) is 1. The maximum atomic E-state index is 13.3. The van der Waals surface area contributed by atoms with E-state index in [1.807, 2.05) is 0 Å². The van der Waals surface area contributed by atoms with Crippen LogP contribution in [-0.4, -0.2) is 30.4 Å². The Morgan fingerprint density at radius 2 is 2.28 bits per heavy atom. The molecule has 1 atom stereocenters. The van der Waals surface area contributed by atoms with Crippen LogP contribution in [0, 0.1) is 18.7 Å². The van der Waals surface area contributed by atoms with Gasteiger partial charge in [0.05, 0.1) is 0 Å². The molecule has 0 saturated carbocycles. The zero-order valence-corrected chi connectivity index (χ0v) is 10.7. The van der Waals surface area contributed by atoms with E-state index in [9.17, 15) is 9.18 Å². The maximum Gasteiger partial charge on any atom is 0.253 e. The first kappa shape index (κ1) is 13.0. The van der Waals surface area contributed by atoms with E-state index in [1.54, 1.807) is 17.9 Å². The molecule has 1 saturated heterocycles. The standard InChI is InChI=1S/C14H19FN2O/c1-10-5-12(7-13(15)6-10)14(18)17-4-2-3-11(8-16)9-17/h5-7,11H,2-4,8-9,16H2,1H3. The predicted octanol–water partition coefficient (Wildman–Crippen LogP) is 1.95. The van der Waals surface area contributed by atoms with Crippen molar-refractivity contribution in [3.05, 3.63) is 35.1 Å². The zero-order valence-electron chi connectivity index (χ0n) is 10.7. The quantitative estimate of drug-likeness (QED) is 0.872. The Bertz CT molecular complexity index is 427. The van der Waals surface area contributed by atoms with E-state index in [0.29, 0.717) is 24.6 Å². The summed E-state index contributed by atoms with van der Waals surface area (Å²) in [6.45, 7) is 3.82. The normalized spacial score (nSPS) is 19.9. The number of hydrogen-bond donors (Lipinski definition) is 1. The highest BCUT2D eigenvalue weighted by Crippen LogP contribution is 2.18. The summed E-state index contributed by atoms with van der Waals surface area (Å²) in [6.07, 6.45) is 2.05. The van der Waals surface area contributed by atoms with E-state index in [1.165, 1.54) is 12.1 Å². The Labute approximate surface area is 107 Å². The second-order valence-corrected chi connectivity index (χ2v) is 5.01. The lowest BCUT2D eigenvalue weighted by Gasteiger charge is -2.32. The number of rotatable bonds is 2. The van der Waals surface area contributed by atoms with Crippen LogP contribution in [0.15, 0.2) is 18.2 Å². The minimum atomic E-state index is -0.356. The molecule has 1 aliphatic heterocycles. The fourth-order valence-corrected chi connectivity index (χ4v) is 2.48. The molecule has 0 aromatic heterocycles. The topological polar surface area (TPSA) is 46.3 Å². The van der Waals surface area contributed by atoms with Crippen LogP contribution in [0.25, 0.3) is 0 Å². The van der Waals surface area contributed by atoms with Crippen LogP contribution in [0.5, 0.6) is 0 Å². The van der Waals surface area contributed by atoms with Gasteiger partial charge in [-0.25, -0.2) is 4.39 Å². The molecule has 0 spiro atoms. The van der Waals surface area contributed by atoms with Gasteiger partial charge in [-0.3, -0.25) is 4.79 Å². The lowest BCUT2D eigenvalue weighted by molar-refractivity contribution is 0.0677. The Hall–Kier alpha value is -1.42. The molecule has 98 valence electrons. The van der Waals surface area contributed by atoms with Crippen LogP contribution in [0.1, 0.15) is 28.8 Å². The van der Waals surface area contributed by atoms with Gasteiger partial charge in [-0.05, 0) is 56.0 Å². The van der Waals surface area contributed by atoms with E-state index >= 15 is 0 Å². The lowest BCUT2D eigenvalue weighted by Crippen LogP contribution is -2.42. The van der Waals surface area contributed by atoms with Crippen LogP contribution in [-0.2, 0) is 0 Å². The monoisotopic (exact) mass is 250 g/mol. The number of hydrogen-bond acceptors (Lipinski definition) is 2. The first-order valence-corrected chi connectivity index (χ1v) is 6.36. The molecule has 1 unspecified atom stereocenters. The highest BCUT2D eigenvalue weighted by atomic mass is 19.1. The Morgan fingerprint density at radius 3 is 2.94 bits per heavy atom. The summed E-state index contributed by atoms with van der Waals surface area (Å²) < 4.78 is 13.3. The number of benzene rings is 1. The fourth-order valence-electron chi connectivity index (χ4n) is 2.48. The van der Waals surface area contributed by atoms with Crippen molar-refractivity contribution in [2.24, 2.45) is 11.7 Å². The molecule has 0 radical (unpaired) electrons. The summed E-state index contributed by atoms with van der Waals surface area (Å²) in [5, 5.41) is 0. The molecule has 3 nitrogen and oxygen atoms in total. The molecule has 1 fully saturated rings. The third kappa shape index (κ3) is 2.88. The third-order valence-corrected chi connectivity index (χ3v) is 3.43. The molecule has 1 aromatic carbocycles. The molecule has 0 aliphatic carbocycles. The van der Waals surface area contributed by atoms with Gasteiger partial charge >= 0.3 is 0 Å². The van der Waals surface area contributed by atoms with Crippen LogP contribution < -0.4 is 5.73 Å². The number of aryl methyl sites for hydroxylation is 1. The second-order valence-electron chi connectivity index (χ2n) is 5.01. The van der Waals surface area contributed by atoms with Crippen molar-refractivity contribution in [1.29, 1.82) is 0 Å². The summed E-state index contributed by atoms with van der Waals surface area (Å²) in [7, 11) is 0. The number of nitrogens with zero attached hydrogens (tertiary/aromatic N) is 1. The average Bonchev–Trinajstić information content (AvgIpc) is 2.37. The SMILES string of the molecule is Cc1cc(F)cc(C(=O)N2CCCC(CN)C2)c1. The van der Waals surface area contributed by atoms with E-state index in [4.69, 9.17) is 5.73 Å². The van der Waals surface area contributed by atoms with Crippen molar-refractivity contribution in [2.75, 3.05) is 19.6 Å². The summed E-state index contributed by atoms with van der Waals surface area (Å²) >= 11 is 0. The van der Waals surface area contributed by atoms with Gasteiger partial charge in [0, 0.05) is 18.7 Å². The van der Waals surface area contributed by atoms with Gasteiger partial charge < -0.3 is 10.6 Å². The Balaban J connectivity index is 2.15. The van der Waals surface area contributed by atoms with E-state index < -0.39 is 0 Å². The molecule has 18 heavy (non-hydrogen) atoms. The third-order valence-electron chi connectivity index (χ3n) is 3.43. The van der Waals surface area contributed by atoms with Crippen molar-refractivity contribution < 1.29 is 9.18 Å². The molecule has 1 heterocycles. The molecular weight excluding hydrogens is 231 g/mol. The highest BCUT2D eigenvalue weighted by Gasteiger charge is 2.23. The van der Waals surface area contributed by atoms with Crippen LogP contribution >= 0.6 is 0 Å². The van der Waals surface area contributed by atoms with Crippen LogP contribution in [0.2, 0.25) is 0 Å². The van der Waals surface area contributed by atoms with Gasteiger partial charge in [0.1, 0.15) is 5.82 Å².